The molecule has 2 aromatic heterocycles. The van der Waals surface area contributed by atoms with Gasteiger partial charge in [0.1, 0.15) is 5.03 Å². The minimum Gasteiger partial charge on any atom is -0.325 e. The van der Waals surface area contributed by atoms with Gasteiger partial charge < -0.3 is 5.32 Å². The molecule has 0 saturated heterocycles. The number of benzene rings is 2. The van der Waals surface area contributed by atoms with Crippen molar-refractivity contribution in [2.45, 2.75) is 36.6 Å². The lowest BCUT2D eigenvalue weighted by atomic mass is 10.2. The Morgan fingerprint density at radius 2 is 1.77 bits per heavy atom. The van der Waals surface area contributed by atoms with E-state index in [9.17, 15) is 4.79 Å². The monoisotopic (exact) mass is 415 g/mol. The Balaban J connectivity index is 1.57. The molecule has 1 aliphatic carbocycles. The molecule has 0 unspecified atom stereocenters. The lowest BCUT2D eigenvalue weighted by Gasteiger charge is -2.13. The highest BCUT2D eigenvalue weighted by Crippen LogP contribution is 2.37. The second-order valence-electron chi connectivity index (χ2n) is 7.50. The molecule has 1 saturated carbocycles. The first-order valence-electron chi connectivity index (χ1n) is 9.97. The van der Waals surface area contributed by atoms with Crippen LogP contribution in [0.5, 0.6) is 0 Å². The fraction of sp³-hybridized carbons (Fsp3) is 0.217. The summed E-state index contributed by atoms with van der Waals surface area (Å²) >= 11 is 1.57. The number of hydrogen-bond acceptors (Lipinski definition) is 5. The van der Waals surface area contributed by atoms with Gasteiger partial charge >= 0.3 is 0 Å². The number of rotatable bonds is 5. The molecule has 1 N–H and O–H groups in total. The number of amides is 1. The van der Waals surface area contributed by atoms with Gasteiger partial charge in [-0.1, -0.05) is 54.2 Å². The molecule has 0 bridgehead atoms. The first-order chi connectivity index (χ1) is 14.6. The Morgan fingerprint density at radius 3 is 2.53 bits per heavy atom. The van der Waals surface area contributed by atoms with E-state index in [-0.39, 0.29) is 11.8 Å². The van der Waals surface area contributed by atoms with E-state index < -0.39 is 0 Å². The summed E-state index contributed by atoms with van der Waals surface area (Å²) in [5.41, 5.74) is 3.73. The zero-order valence-electron chi connectivity index (χ0n) is 16.8. The van der Waals surface area contributed by atoms with Crippen LogP contribution < -0.4 is 5.32 Å². The van der Waals surface area contributed by atoms with Gasteiger partial charge in [0.15, 0.2) is 5.82 Å². The van der Waals surface area contributed by atoms with Gasteiger partial charge in [-0.25, -0.2) is 4.98 Å². The Bertz CT molecular complexity index is 1250. The highest BCUT2D eigenvalue weighted by Gasteiger charge is 2.30. The zero-order chi connectivity index (χ0) is 20.7. The average Bonchev–Trinajstić information content (AvgIpc) is 3.53. The van der Waals surface area contributed by atoms with E-state index in [1.807, 2.05) is 68.4 Å². The lowest BCUT2D eigenvalue weighted by molar-refractivity contribution is -0.117. The van der Waals surface area contributed by atoms with Crippen LogP contribution in [0.25, 0.3) is 17.2 Å². The quantitative estimate of drug-likeness (QED) is 0.469. The van der Waals surface area contributed by atoms with E-state index in [2.05, 4.69) is 15.3 Å². The van der Waals surface area contributed by atoms with Crippen LogP contribution >= 0.6 is 11.8 Å². The van der Waals surface area contributed by atoms with Gasteiger partial charge in [0.2, 0.25) is 5.91 Å². The number of fused-ring (bicyclic) bond motifs is 1. The second kappa shape index (κ2) is 7.57. The normalized spacial score (nSPS) is 13.5. The average molecular weight is 416 g/mol. The van der Waals surface area contributed by atoms with E-state index in [1.165, 1.54) is 0 Å². The maximum atomic E-state index is 12.3. The van der Waals surface area contributed by atoms with Crippen LogP contribution in [0.3, 0.4) is 0 Å². The van der Waals surface area contributed by atoms with E-state index in [0.29, 0.717) is 11.6 Å². The first-order valence-corrected chi connectivity index (χ1v) is 10.8. The zero-order valence-corrected chi connectivity index (χ0v) is 17.6. The van der Waals surface area contributed by atoms with Gasteiger partial charge in [-0.15, -0.1) is 5.10 Å². The fourth-order valence-electron chi connectivity index (χ4n) is 3.23. The van der Waals surface area contributed by atoms with Crippen molar-refractivity contribution in [2.24, 2.45) is 5.92 Å². The lowest BCUT2D eigenvalue weighted by Crippen LogP contribution is -2.13. The number of anilines is 1. The Hall–Kier alpha value is -3.19. The topological polar surface area (TPSA) is 72.2 Å². The summed E-state index contributed by atoms with van der Waals surface area (Å²) in [6.45, 7) is 4.02. The number of carbonyl (C=O) groups excluding carboxylic acids is 1. The summed E-state index contributed by atoms with van der Waals surface area (Å²) in [5.74, 6) is 1.47. The number of hydrogen-bond donors (Lipinski definition) is 1. The van der Waals surface area contributed by atoms with Crippen LogP contribution in [-0.2, 0) is 4.79 Å². The van der Waals surface area contributed by atoms with Crippen LogP contribution in [0.2, 0.25) is 0 Å². The molecule has 0 radical (unpaired) electrons. The van der Waals surface area contributed by atoms with Crippen LogP contribution in [-0.4, -0.2) is 25.5 Å². The van der Waals surface area contributed by atoms with Crippen LogP contribution in [0.1, 0.15) is 24.1 Å². The first kappa shape index (κ1) is 18.8. The van der Waals surface area contributed by atoms with Crippen molar-refractivity contribution in [1.82, 2.24) is 19.6 Å². The van der Waals surface area contributed by atoms with Crippen molar-refractivity contribution in [3.05, 3.63) is 65.9 Å². The number of nitrogens with one attached hydrogen (secondary N) is 1. The second-order valence-corrected chi connectivity index (χ2v) is 8.53. The third kappa shape index (κ3) is 3.57. The number of nitrogens with zero attached hydrogens (tertiary/aromatic N) is 4. The largest absolute Gasteiger partial charge is 0.325 e. The Labute approximate surface area is 178 Å². The maximum Gasteiger partial charge on any atom is 0.254 e. The van der Waals surface area contributed by atoms with Crippen molar-refractivity contribution >= 4 is 29.1 Å². The Morgan fingerprint density at radius 1 is 1.03 bits per heavy atom. The van der Waals surface area contributed by atoms with Crippen molar-refractivity contribution in [3.8, 4) is 11.4 Å². The summed E-state index contributed by atoms with van der Waals surface area (Å²) in [6.07, 6.45) is 1.96. The van der Waals surface area contributed by atoms with Gasteiger partial charge in [0.05, 0.1) is 5.69 Å². The standard InChI is InChI=1S/C23H21N5OS/c1-14-15(2)24-23-26-20(16-8-4-3-5-9-16)27-28(23)22(14)30-19-11-7-6-10-18(19)25-21(29)17-12-13-17/h3-11,17H,12-13H2,1-2H3,(H,25,29). The number of carbonyl (C=O) groups is 1. The van der Waals surface area contributed by atoms with E-state index in [1.54, 1.807) is 16.3 Å². The summed E-state index contributed by atoms with van der Waals surface area (Å²) in [6, 6.07) is 17.8. The van der Waals surface area contributed by atoms with Gasteiger partial charge in [-0.3, -0.25) is 4.79 Å². The molecular weight excluding hydrogens is 394 g/mol. The smallest absolute Gasteiger partial charge is 0.254 e. The van der Waals surface area contributed by atoms with Crippen LogP contribution in [0.4, 0.5) is 5.69 Å². The Kier molecular flexibility index (Phi) is 4.75. The number of aromatic nitrogens is 4. The van der Waals surface area contributed by atoms with Crippen molar-refractivity contribution < 1.29 is 4.79 Å². The molecular formula is C23H21N5OS. The third-order valence-corrected chi connectivity index (χ3v) is 6.49. The predicted molar refractivity (Wildman–Crippen MR) is 118 cm³/mol. The summed E-state index contributed by atoms with van der Waals surface area (Å²) < 4.78 is 1.80. The molecule has 5 rings (SSSR count). The molecule has 150 valence electrons. The van der Waals surface area contributed by atoms with Crippen molar-refractivity contribution in [3.63, 3.8) is 0 Å². The molecule has 1 amide bonds. The van der Waals surface area contributed by atoms with Gasteiger partial charge in [-0.05, 0) is 38.8 Å². The molecule has 7 heteroatoms. The van der Waals surface area contributed by atoms with Crippen LogP contribution in [0.15, 0.2) is 64.5 Å². The summed E-state index contributed by atoms with van der Waals surface area (Å²) in [4.78, 5) is 22.6. The maximum absolute atomic E-state index is 12.3. The van der Waals surface area contributed by atoms with Crippen LogP contribution in [0, 0.1) is 19.8 Å². The molecule has 2 aromatic carbocycles. The molecule has 1 fully saturated rings. The van der Waals surface area contributed by atoms with E-state index >= 15 is 0 Å². The molecule has 0 spiro atoms. The fourth-order valence-corrected chi connectivity index (χ4v) is 4.33. The number of aryl methyl sites for hydroxylation is 1. The van der Waals surface area contributed by atoms with Gasteiger partial charge in [0, 0.05) is 27.6 Å². The molecule has 0 atom stereocenters. The van der Waals surface area contributed by atoms with Crippen molar-refractivity contribution in [2.75, 3.05) is 5.32 Å². The molecule has 2 heterocycles. The van der Waals surface area contributed by atoms with E-state index in [0.717, 1.165) is 45.3 Å². The highest BCUT2D eigenvalue weighted by atomic mass is 32.2. The van der Waals surface area contributed by atoms with Gasteiger partial charge in [-0.2, -0.15) is 9.50 Å². The molecule has 0 aliphatic heterocycles. The van der Waals surface area contributed by atoms with Crippen molar-refractivity contribution in [1.29, 1.82) is 0 Å². The van der Waals surface area contributed by atoms with Gasteiger partial charge in [0.25, 0.3) is 5.78 Å². The molecule has 6 nitrogen and oxygen atoms in total. The third-order valence-electron chi connectivity index (χ3n) is 5.25. The summed E-state index contributed by atoms with van der Waals surface area (Å²) in [5, 5.41) is 8.77. The minimum absolute atomic E-state index is 0.1000. The summed E-state index contributed by atoms with van der Waals surface area (Å²) in [7, 11) is 0. The SMILES string of the molecule is Cc1nc2nc(-c3ccccc3)nn2c(Sc2ccccc2NC(=O)C2CC2)c1C. The predicted octanol–water partition coefficient (Wildman–Crippen LogP) is 4.91. The molecule has 1 aliphatic rings. The highest BCUT2D eigenvalue weighted by molar-refractivity contribution is 7.99. The minimum atomic E-state index is 0.1000. The number of para-hydroxylation sites is 1. The van der Waals surface area contributed by atoms with E-state index in [4.69, 9.17) is 5.10 Å². The molecule has 30 heavy (non-hydrogen) atoms. The molecule has 4 aromatic rings.